The van der Waals surface area contributed by atoms with Crippen molar-refractivity contribution >= 4 is 0 Å². The Morgan fingerprint density at radius 3 is 1.37 bits per heavy atom. The van der Waals surface area contributed by atoms with Crippen LogP contribution in [0, 0.1) is 22.7 Å². The first-order valence-electron chi connectivity index (χ1n) is 9.04. The van der Waals surface area contributed by atoms with Gasteiger partial charge in [-0.25, -0.2) is 0 Å². The maximum absolute atomic E-state index is 9.40. The molecule has 3 heteroatoms. The average Bonchev–Trinajstić information content (AvgIpc) is 2.74. The summed E-state index contributed by atoms with van der Waals surface area (Å²) in [5, 5.41) is 18.8. The molecular weight excluding hydrogens is 332 g/mol. The minimum absolute atomic E-state index is 0.292. The number of hydrogen-bond acceptors (Lipinski definition) is 3. The maximum Gasteiger partial charge on any atom is 0.118 e. The predicted octanol–water partition coefficient (Wildman–Crippen LogP) is 5.77. The van der Waals surface area contributed by atoms with Crippen LogP contribution in [-0.4, -0.2) is 0 Å². The molecule has 0 amide bonds. The fraction of sp³-hybridized carbons (Fsp3) is 0.250. The van der Waals surface area contributed by atoms with Crippen LogP contribution >= 0.6 is 0 Å². The highest BCUT2D eigenvalue weighted by Gasteiger charge is 2.24. The Morgan fingerprint density at radius 2 is 1.11 bits per heavy atom. The second-order valence-electron chi connectivity index (χ2n) is 6.36. The predicted molar refractivity (Wildman–Crippen MR) is 108 cm³/mol. The first-order valence-corrected chi connectivity index (χ1v) is 9.04. The second kappa shape index (κ2) is 9.53. The summed E-state index contributed by atoms with van der Waals surface area (Å²) in [4.78, 5) is 0. The molecule has 0 aliphatic heterocycles. The van der Waals surface area contributed by atoms with Crippen molar-refractivity contribution in [2.24, 2.45) is 0 Å². The summed E-state index contributed by atoms with van der Waals surface area (Å²) in [5.74, 6) is 0. The van der Waals surface area contributed by atoms with Gasteiger partial charge in [0.05, 0.1) is 23.3 Å². The van der Waals surface area contributed by atoms with E-state index in [0.717, 1.165) is 24.0 Å². The first-order chi connectivity index (χ1) is 13.0. The van der Waals surface area contributed by atoms with Crippen LogP contribution in [0.1, 0.15) is 48.3 Å². The van der Waals surface area contributed by atoms with Gasteiger partial charge in [-0.1, -0.05) is 75.5 Å². The van der Waals surface area contributed by atoms with Gasteiger partial charge in [-0.2, -0.15) is 10.5 Å². The molecule has 2 aromatic rings. The summed E-state index contributed by atoms with van der Waals surface area (Å²) in [5.41, 5.74) is 4.65. The van der Waals surface area contributed by atoms with Crippen LogP contribution < -0.4 is 0 Å². The van der Waals surface area contributed by atoms with Gasteiger partial charge >= 0.3 is 0 Å². The molecule has 0 aliphatic carbocycles. The fourth-order valence-corrected chi connectivity index (χ4v) is 2.83. The highest BCUT2D eigenvalue weighted by molar-refractivity contribution is 5.37. The van der Waals surface area contributed by atoms with Crippen molar-refractivity contribution in [3.63, 3.8) is 0 Å². The van der Waals surface area contributed by atoms with Crippen LogP contribution in [0.25, 0.3) is 0 Å². The van der Waals surface area contributed by atoms with Crippen molar-refractivity contribution in [3.8, 4) is 12.1 Å². The lowest BCUT2D eigenvalue weighted by molar-refractivity contribution is 0.0315. The molecule has 0 saturated heterocycles. The number of ether oxygens (including phenoxy) is 1. The molecule has 0 aliphatic rings. The Hall–Kier alpha value is -3.14. The van der Waals surface area contributed by atoms with Crippen LogP contribution in [0.3, 0.4) is 0 Å². The fourth-order valence-electron chi connectivity index (χ4n) is 2.83. The van der Waals surface area contributed by atoms with Crippen molar-refractivity contribution in [2.75, 3.05) is 0 Å². The third kappa shape index (κ3) is 4.94. The van der Waals surface area contributed by atoms with Crippen LogP contribution in [-0.2, 0) is 17.6 Å². The standard InChI is InChI=1S/C24H24N2O/c1-5-19-7-11-21(12-8-19)23(17(3)15-25)27-24(18(4)16-26)22-13-9-20(6-2)10-14-22/h7-14,23-24H,3-6H2,1-2H3/t23-,24-/m0/s1. The van der Waals surface area contributed by atoms with E-state index >= 15 is 0 Å². The molecular formula is C24H24N2O. The molecule has 0 N–H and O–H groups in total. The molecule has 0 spiro atoms. The summed E-state index contributed by atoms with van der Waals surface area (Å²) >= 11 is 0. The number of aryl methyl sites for hydroxylation is 2. The molecule has 0 saturated carbocycles. The Morgan fingerprint density at radius 1 is 0.778 bits per heavy atom. The second-order valence-corrected chi connectivity index (χ2v) is 6.36. The Balaban J connectivity index is 2.40. The van der Waals surface area contributed by atoms with E-state index < -0.39 is 12.2 Å². The van der Waals surface area contributed by atoms with Crippen molar-refractivity contribution in [1.29, 1.82) is 10.5 Å². The van der Waals surface area contributed by atoms with Crippen LogP contribution in [0.5, 0.6) is 0 Å². The SMILES string of the molecule is C=C(C#N)[C@H](O[C@@H](C(=C)C#N)c1ccc(CC)cc1)c1ccc(CC)cc1. The summed E-state index contributed by atoms with van der Waals surface area (Å²) in [6, 6.07) is 20.0. The molecule has 27 heavy (non-hydrogen) atoms. The van der Waals surface area contributed by atoms with E-state index in [0.29, 0.717) is 11.1 Å². The lowest BCUT2D eigenvalue weighted by Gasteiger charge is -2.25. The van der Waals surface area contributed by atoms with Gasteiger partial charge in [0, 0.05) is 0 Å². The maximum atomic E-state index is 9.40. The average molecular weight is 356 g/mol. The van der Waals surface area contributed by atoms with E-state index in [-0.39, 0.29) is 0 Å². The Kier molecular flexibility index (Phi) is 7.12. The van der Waals surface area contributed by atoms with Crippen molar-refractivity contribution in [3.05, 3.63) is 95.1 Å². The monoisotopic (exact) mass is 356 g/mol. The zero-order valence-electron chi connectivity index (χ0n) is 15.9. The number of nitrogens with zero attached hydrogens (tertiary/aromatic N) is 2. The van der Waals surface area contributed by atoms with Crippen LogP contribution in [0.2, 0.25) is 0 Å². The molecule has 0 heterocycles. The number of nitriles is 2. The molecule has 2 rings (SSSR count). The molecule has 0 radical (unpaired) electrons. The highest BCUT2D eigenvalue weighted by Crippen LogP contribution is 2.35. The van der Waals surface area contributed by atoms with E-state index in [1.807, 2.05) is 48.5 Å². The molecule has 0 unspecified atom stereocenters. The zero-order valence-corrected chi connectivity index (χ0v) is 15.9. The number of benzene rings is 2. The molecule has 136 valence electrons. The van der Waals surface area contributed by atoms with Crippen molar-refractivity contribution < 1.29 is 4.74 Å². The lowest BCUT2D eigenvalue weighted by Crippen LogP contribution is -2.13. The highest BCUT2D eigenvalue weighted by atomic mass is 16.5. The normalized spacial score (nSPS) is 12.4. The van der Waals surface area contributed by atoms with Crippen molar-refractivity contribution in [2.45, 2.75) is 38.9 Å². The smallest absolute Gasteiger partial charge is 0.118 e. The number of hydrogen-bond donors (Lipinski definition) is 0. The zero-order chi connectivity index (χ0) is 19.8. The summed E-state index contributed by atoms with van der Waals surface area (Å²) in [7, 11) is 0. The third-order valence-corrected chi connectivity index (χ3v) is 4.57. The van der Waals surface area contributed by atoms with Gasteiger partial charge in [0.25, 0.3) is 0 Å². The van der Waals surface area contributed by atoms with E-state index in [9.17, 15) is 10.5 Å². The summed E-state index contributed by atoms with van der Waals surface area (Å²) in [6.07, 6.45) is 0.592. The van der Waals surface area contributed by atoms with Gasteiger partial charge in [-0.05, 0) is 35.1 Å². The lowest BCUT2D eigenvalue weighted by atomic mass is 9.98. The quantitative estimate of drug-likeness (QED) is 0.564. The summed E-state index contributed by atoms with van der Waals surface area (Å²) < 4.78 is 6.23. The minimum atomic E-state index is -0.637. The third-order valence-electron chi connectivity index (χ3n) is 4.57. The van der Waals surface area contributed by atoms with Gasteiger partial charge in [0.15, 0.2) is 0 Å². The van der Waals surface area contributed by atoms with Gasteiger partial charge < -0.3 is 4.74 Å². The largest absolute Gasteiger partial charge is 0.355 e. The number of rotatable bonds is 8. The van der Waals surface area contributed by atoms with E-state index in [1.165, 1.54) is 11.1 Å². The van der Waals surface area contributed by atoms with Crippen molar-refractivity contribution in [1.82, 2.24) is 0 Å². The van der Waals surface area contributed by atoms with Gasteiger partial charge in [-0.3, -0.25) is 0 Å². The van der Waals surface area contributed by atoms with Crippen LogP contribution in [0.4, 0.5) is 0 Å². The molecule has 2 aromatic carbocycles. The topological polar surface area (TPSA) is 56.8 Å². The van der Waals surface area contributed by atoms with Crippen LogP contribution in [0.15, 0.2) is 72.8 Å². The summed E-state index contributed by atoms with van der Waals surface area (Å²) in [6.45, 7) is 11.9. The Bertz CT molecular complexity index is 804. The van der Waals surface area contributed by atoms with Gasteiger partial charge in [0.1, 0.15) is 12.2 Å². The Labute approximate surface area is 161 Å². The van der Waals surface area contributed by atoms with E-state index in [1.54, 1.807) is 0 Å². The first kappa shape index (κ1) is 20.2. The van der Waals surface area contributed by atoms with Gasteiger partial charge in [0.2, 0.25) is 0 Å². The molecule has 0 aromatic heterocycles. The van der Waals surface area contributed by atoms with E-state index in [4.69, 9.17) is 4.74 Å². The molecule has 0 fully saturated rings. The molecule has 3 nitrogen and oxygen atoms in total. The minimum Gasteiger partial charge on any atom is -0.355 e. The molecule has 2 atom stereocenters. The van der Waals surface area contributed by atoms with Gasteiger partial charge in [-0.15, -0.1) is 0 Å². The van der Waals surface area contributed by atoms with E-state index in [2.05, 4.69) is 39.1 Å². The molecule has 0 bridgehead atoms.